The molecule has 0 aliphatic heterocycles. The van der Waals surface area contributed by atoms with Gasteiger partial charge in [0.15, 0.2) is 5.13 Å². The minimum atomic E-state index is -0.291. The van der Waals surface area contributed by atoms with Crippen LogP contribution in [-0.4, -0.2) is 32.3 Å². The molecule has 0 bridgehead atoms. The molecule has 0 saturated carbocycles. The summed E-state index contributed by atoms with van der Waals surface area (Å²) in [6.45, 7) is 5.06. The summed E-state index contributed by atoms with van der Waals surface area (Å²) in [6.07, 6.45) is 8.18. The van der Waals surface area contributed by atoms with E-state index in [-0.39, 0.29) is 6.03 Å². The molecule has 3 aromatic rings. The fourth-order valence-electron chi connectivity index (χ4n) is 2.27. The predicted octanol–water partition coefficient (Wildman–Crippen LogP) is 2.83. The quantitative estimate of drug-likeness (QED) is 0.667. The van der Waals surface area contributed by atoms with E-state index < -0.39 is 0 Å². The lowest BCUT2D eigenvalue weighted by atomic mass is 10.2. The van der Waals surface area contributed by atoms with E-state index in [0.29, 0.717) is 18.2 Å². The fraction of sp³-hybridized carbons (Fsp3) is 0.263. The fourth-order valence-corrected chi connectivity index (χ4v) is 3.08. The summed E-state index contributed by atoms with van der Waals surface area (Å²) in [5.74, 6) is 6.16. The zero-order valence-electron chi connectivity index (χ0n) is 15.2. The molecule has 0 atom stereocenters. The van der Waals surface area contributed by atoms with E-state index in [1.165, 1.54) is 16.9 Å². The standard InChI is InChI=1S/C19H20N6OS/c1-3-15-12-22-25(13-15)11-10-21-18(26)24-19-23-14(2)17(27-19)5-4-16-6-8-20-9-7-16/h6-9,12-13H,3,10-11H2,1-2H3,(H2,21,23,24,26). The molecule has 0 radical (unpaired) electrons. The summed E-state index contributed by atoms with van der Waals surface area (Å²) in [4.78, 5) is 21.2. The van der Waals surface area contributed by atoms with Gasteiger partial charge in [0.1, 0.15) is 4.88 Å². The zero-order valence-corrected chi connectivity index (χ0v) is 16.0. The highest BCUT2D eigenvalue weighted by Gasteiger charge is 2.09. The van der Waals surface area contributed by atoms with Crippen molar-refractivity contribution in [3.63, 3.8) is 0 Å². The number of hydrogen-bond donors (Lipinski definition) is 2. The smallest absolute Gasteiger partial charge is 0.321 e. The van der Waals surface area contributed by atoms with Gasteiger partial charge in [0, 0.05) is 30.7 Å². The Morgan fingerprint density at radius 1 is 1.30 bits per heavy atom. The summed E-state index contributed by atoms with van der Waals surface area (Å²) in [7, 11) is 0. The largest absolute Gasteiger partial charge is 0.336 e. The Morgan fingerprint density at radius 3 is 2.85 bits per heavy atom. The van der Waals surface area contributed by atoms with Crippen LogP contribution in [0, 0.1) is 18.8 Å². The van der Waals surface area contributed by atoms with Crippen LogP contribution < -0.4 is 10.6 Å². The van der Waals surface area contributed by atoms with Crippen molar-refractivity contribution in [3.8, 4) is 11.8 Å². The van der Waals surface area contributed by atoms with Crippen molar-refractivity contribution >= 4 is 22.5 Å². The number of carbonyl (C=O) groups excluding carboxylic acids is 1. The van der Waals surface area contributed by atoms with Gasteiger partial charge in [-0.15, -0.1) is 0 Å². The van der Waals surface area contributed by atoms with Crippen molar-refractivity contribution in [3.05, 3.63) is 58.6 Å². The van der Waals surface area contributed by atoms with Crippen LogP contribution in [0.2, 0.25) is 0 Å². The first kappa shape index (κ1) is 18.6. The molecule has 0 unspecified atom stereocenters. The van der Waals surface area contributed by atoms with Crippen LogP contribution in [0.4, 0.5) is 9.93 Å². The van der Waals surface area contributed by atoms with Gasteiger partial charge in [-0.1, -0.05) is 24.2 Å². The lowest BCUT2D eigenvalue weighted by Crippen LogP contribution is -2.31. The number of aryl methyl sites for hydroxylation is 2. The number of rotatable bonds is 5. The van der Waals surface area contributed by atoms with Crippen LogP contribution in [0.1, 0.15) is 28.6 Å². The summed E-state index contributed by atoms with van der Waals surface area (Å²) in [5, 5.41) is 10.3. The van der Waals surface area contributed by atoms with Crippen LogP contribution >= 0.6 is 11.3 Å². The lowest BCUT2D eigenvalue weighted by Gasteiger charge is -2.05. The second-order valence-electron chi connectivity index (χ2n) is 5.77. The Bertz CT molecular complexity index is 967. The maximum Gasteiger partial charge on any atom is 0.321 e. The zero-order chi connectivity index (χ0) is 19.1. The predicted molar refractivity (Wildman–Crippen MR) is 106 cm³/mol. The minimum absolute atomic E-state index is 0.291. The van der Waals surface area contributed by atoms with Crippen molar-refractivity contribution in [1.29, 1.82) is 0 Å². The van der Waals surface area contributed by atoms with Crippen LogP contribution in [0.25, 0.3) is 0 Å². The number of pyridine rings is 1. The third kappa shape index (κ3) is 5.39. The summed E-state index contributed by atoms with van der Waals surface area (Å²) < 4.78 is 1.82. The molecule has 7 nitrogen and oxygen atoms in total. The number of urea groups is 1. The minimum Gasteiger partial charge on any atom is -0.336 e. The number of aromatic nitrogens is 4. The summed E-state index contributed by atoms with van der Waals surface area (Å²) in [5.41, 5.74) is 2.86. The Balaban J connectivity index is 1.52. The summed E-state index contributed by atoms with van der Waals surface area (Å²) >= 11 is 1.35. The molecule has 0 aromatic carbocycles. The van der Waals surface area contributed by atoms with Crippen molar-refractivity contribution < 1.29 is 4.79 Å². The number of anilines is 1. The van der Waals surface area contributed by atoms with E-state index in [0.717, 1.165) is 22.6 Å². The number of carbonyl (C=O) groups is 1. The maximum absolute atomic E-state index is 12.0. The first-order valence-electron chi connectivity index (χ1n) is 8.59. The van der Waals surface area contributed by atoms with Crippen molar-refractivity contribution in [2.45, 2.75) is 26.8 Å². The lowest BCUT2D eigenvalue weighted by molar-refractivity contribution is 0.251. The molecular weight excluding hydrogens is 360 g/mol. The average Bonchev–Trinajstić information content (AvgIpc) is 3.27. The highest BCUT2D eigenvalue weighted by molar-refractivity contribution is 7.16. The molecule has 0 fully saturated rings. The second kappa shape index (κ2) is 8.96. The number of amides is 2. The van der Waals surface area contributed by atoms with Gasteiger partial charge in [-0.25, -0.2) is 9.78 Å². The molecule has 138 valence electrons. The van der Waals surface area contributed by atoms with E-state index >= 15 is 0 Å². The van der Waals surface area contributed by atoms with Crippen LogP contribution in [0.5, 0.6) is 0 Å². The van der Waals surface area contributed by atoms with Crippen LogP contribution in [-0.2, 0) is 13.0 Å². The van der Waals surface area contributed by atoms with Crippen molar-refractivity contribution in [2.24, 2.45) is 0 Å². The van der Waals surface area contributed by atoms with Gasteiger partial charge in [-0.05, 0) is 37.0 Å². The average molecular weight is 380 g/mol. The Labute approximate surface area is 161 Å². The second-order valence-corrected chi connectivity index (χ2v) is 6.76. The van der Waals surface area contributed by atoms with Gasteiger partial charge in [-0.2, -0.15) is 5.10 Å². The van der Waals surface area contributed by atoms with E-state index in [4.69, 9.17) is 0 Å². The van der Waals surface area contributed by atoms with E-state index in [1.54, 1.807) is 12.4 Å². The van der Waals surface area contributed by atoms with Gasteiger partial charge in [-0.3, -0.25) is 15.0 Å². The highest BCUT2D eigenvalue weighted by atomic mass is 32.1. The molecular formula is C19H20N6OS. The van der Waals surface area contributed by atoms with Gasteiger partial charge >= 0.3 is 6.03 Å². The normalized spacial score (nSPS) is 10.1. The van der Waals surface area contributed by atoms with Gasteiger partial charge < -0.3 is 5.32 Å². The molecule has 2 N–H and O–H groups in total. The van der Waals surface area contributed by atoms with Gasteiger partial charge in [0.05, 0.1) is 18.4 Å². The molecule has 0 aliphatic carbocycles. The third-order valence-electron chi connectivity index (χ3n) is 3.74. The summed E-state index contributed by atoms with van der Waals surface area (Å²) in [6, 6.07) is 3.40. The topological polar surface area (TPSA) is 84.7 Å². The number of nitrogens with zero attached hydrogens (tertiary/aromatic N) is 4. The molecule has 3 rings (SSSR count). The Kier molecular flexibility index (Phi) is 6.18. The van der Waals surface area contributed by atoms with E-state index in [9.17, 15) is 4.79 Å². The first-order valence-corrected chi connectivity index (χ1v) is 9.41. The molecule has 3 aromatic heterocycles. The first-order chi connectivity index (χ1) is 13.1. The SMILES string of the molecule is CCc1cnn(CCNC(=O)Nc2nc(C)c(C#Cc3ccncc3)s2)c1. The number of hydrogen-bond acceptors (Lipinski definition) is 5. The van der Waals surface area contributed by atoms with Crippen LogP contribution in [0.3, 0.4) is 0 Å². The Hall–Kier alpha value is -3.18. The van der Waals surface area contributed by atoms with Crippen molar-refractivity contribution in [1.82, 2.24) is 25.1 Å². The molecule has 3 heterocycles. The molecule has 0 aliphatic rings. The molecule has 0 saturated heterocycles. The maximum atomic E-state index is 12.0. The van der Waals surface area contributed by atoms with E-state index in [1.807, 2.05) is 36.1 Å². The van der Waals surface area contributed by atoms with E-state index in [2.05, 4.69) is 44.5 Å². The molecule has 27 heavy (non-hydrogen) atoms. The van der Waals surface area contributed by atoms with Gasteiger partial charge in [0.2, 0.25) is 0 Å². The molecule has 8 heteroatoms. The highest BCUT2D eigenvalue weighted by Crippen LogP contribution is 2.21. The molecule has 2 amide bonds. The van der Waals surface area contributed by atoms with Crippen molar-refractivity contribution in [2.75, 3.05) is 11.9 Å². The van der Waals surface area contributed by atoms with Gasteiger partial charge in [0.25, 0.3) is 0 Å². The number of nitrogens with one attached hydrogen (secondary N) is 2. The third-order valence-corrected chi connectivity index (χ3v) is 4.73. The molecule has 0 spiro atoms. The Morgan fingerprint density at radius 2 is 2.11 bits per heavy atom. The number of thiazole rings is 1. The monoisotopic (exact) mass is 380 g/mol. The van der Waals surface area contributed by atoms with Crippen LogP contribution in [0.15, 0.2) is 36.9 Å².